The smallest absolute Gasteiger partial charge is 0.387 e. The molecule has 0 aliphatic carbocycles. The molecule has 1 fully saturated rings. The van der Waals surface area contributed by atoms with Crippen LogP contribution in [-0.2, 0) is 6.18 Å². The van der Waals surface area contributed by atoms with Gasteiger partial charge in [-0.25, -0.2) is 4.98 Å². The summed E-state index contributed by atoms with van der Waals surface area (Å²) in [6.07, 6.45) is -2.04. The lowest BCUT2D eigenvalue weighted by Gasteiger charge is -2.29. The molecule has 1 aliphatic rings. The van der Waals surface area contributed by atoms with E-state index >= 15 is 0 Å². The van der Waals surface area contributed by atoms with Gasteiger partial charge in [-0.1, -0.05) is 36.8 Å². The SMILES string of the molecule is O[C@H](c1cc(-c2ccc(C(F)(F)F)cc2)nc2ccccc12)[C@@H]1CCCCN1. The van der Waals surface area contributed by atoms with Crippen LogP contribution in [-0.4, -0.2) is 22.7 Å². The van der Waals surface area contributed by atoms with E-state index in [0.717, 1.165) is 48.9 Å². The van der Waals surface area contributed by atoms with E-state index in [2.05, 4.69) is 10.3 Å². The molecule has 28 heavy (non-hydrogen) atoms. The number of alkyl halides is 3. The molecule has 0 saturated carbocycles. The van der Waals surface area contributed by atoms with Gasteiger partial charge in [-0.3, -0.25) is 0 Å². The van der Waals surface area contributed by atoms with Crippen molar-refractivity contribution in [2.24, 2.45) is 0 Å². The van der Waals surface area contributed by atoms with E-state index in [-0.39, 0.29) is 6.04 Å². The average molecular weight is 386 g/mol. The van der Waals surface area contributed by atoms with Crippen LogP contribution in [0.15, 0.2) is 54.6 Å². The number of pyridine rings is 1. The van der Waals surface area contributed by atoms with Gasteiger partial charge in [0, 0.05) is 17.0 Å². The Bertz CT molecular complexity index is 964. The fourth-order valence-electron chi connectivity index (χ4n) is 3.79. The van der Waals surface area contributed by atoms with Gasteiger partial charge in [0.2, 0.25) is 0 Å². The molecule has 2 N–H and O–H groups in total. The van der Waals surface area contributed by atoms with Gasteiger partial charge in [-0.05, 0) is 49.2 Å². The minimum Gasteiger partial charge on any atom is -0.387 e. The number of aromatic nitrogens is 1. The third kappa shape index (κ3) is 3.75. The number of hydrogen-bond acceptors (Lipinski definition) is 3. The second-order valence-electron chi connectivity index (χ2n) is 7.19. The molecule has 1 saturated heterocycles. The van der Waals surface area contributed by atoms with E-state index in [1.165, 1.54) is 12.1 Å². The highest BCUT2D eigenvalue weighted by Gasteiger charge is 2.30. The third-order valence-electron chi connectivity index (χ3n) is 5.30. The van der Waals surface area contributed by atoms with Crippen molar-refractivity contribution in [1.29, 1.82) is 0 Å². The summed E-state index contributed by atoms with van der Waals surface area (Å²) >= 11 is 0. The van der Waals surface area contributed by atoms with E-state index in [1.54, 1.807) is 6.07 Å². The predicted octanol–water partition coefficient (Wildman–Crippen LogP) is 5.10. The maximum Gasteiger partial charge on any atom is 0.416 e. The Labute approximate surface area is 161 Å². The minimum atomic E-state index is -4.37. The fraction of sp³-hybridized carbons (Fsp3) is 0.318. The highest BCUT2D eigenvalue weighted by Crippen LogP contribution is 2.34. The summed E-state index contributed by atoms with van der Waals surface area (Å²) in [5, 5.41) is 15.3. The largest absolute Gasteiger partial charge is 0.416 e. The first kappa shape index (κ1) is 18.9. The van der Waals surface area contributed by atoms with Gasteiger partial charge in [0.25, 0.3) is 0 Å². The number of para-hydroxylation sites is 1. The van der Waals surface area contributed by atoms with Gasteiger partial charge >= 0.3 is 6.18 Å². The Morgan fingerprint density at radius 1 is 1.04 bits per heavy atom. The van der Waals surface area contributed by atoms with Crippen LogP contribution in [0.25, 0.3) is 22.2 Å². The maximum absolute atomic E-state index is 12.9. The second kappa shape index (κ2) is 7.53. The maximum atomic E-state index is 12.9. The minimum absolute atomic E-state index is 0.0417. The zero-order chi connectivity index (χ0) is 19.7. The number of hydrogen-bond donors (Lipinski definition) is 2. The molecule has 0 unspecified atom stereocenters. The van der Waals surface area contributed by atoms with E-state index in [0.29, 0.717) is 16.8 Å². The lowest BCUT2D eigenvalue weighted by molar-refractivity contribution is -0.137. The topological polar surface area (TPSA) is 45.2 Å². The molecule has 0 spiro atoms. The molecule has 146 valence electrons. The van der Waals surface area contributed by atoms with Crippen LogP contribution in [0, 0.1) is 0 Å². The Morgan fingerprint density at radius 2 is 1.79 bits per heavy atom. The van der Waals surface area contributed by atoms with Crippen LogP contribution in [0.1, 0.15) is 36.5 Å². The molecule has 3 aromatic rings. The summed E-state index contributed by atoms with van der Waals surface area (Å²) in [6, 6.07) is 14.3. The van der Waals surface area contributed by atoms with Crippen LogP contribution >= 0.6 is 0 Å². The van der Waals surface area contributed by atoms with Crippen LogP contribution in [0.5, 0.6) is 0 Å². The van der Waals surface area contributed by atoms with Crippen molar-refractivity contribution in [1.82, 2.24) is 10.3 Å². The zero-order valence-electron chi connectivity index (χ0n) is 15.2. The van der Waals surface area contributed by atoms with E-state index in [9.17, 15) is 18.3 Å². The summed E-state index contributed by atoms with van der Waals surface area (Å²) in [5.74, 6) is 0. The first-order chi connectivity index (χ1) is 13.4. The number of rotatable bonds is 3. The quantitative estimate of drug-likeness (QED) is 0.659. The van der Waals surface area contributed by atoms with Gasteiger partial charge in [-0.15, -0.1) is 0 Å². The molecule has 0 radical (unpaired) electrons. The standard InChI is InChI=1S/C22H21F3N2O/c23-22(24,25)15-10-8-14(9-11-15)20-13-17(16-5-1-2-6-18(16)27-20)21(28)19-7-3-4-12-26-19/h1-2,5-6,8-11,13,19,21,26,28H,3-4,7,12H2/t19-,21+/m0/s1. The predicted molar refractivity (Wildman–Crippen MR) is 103 cm³/mol. The second-order valence-corrected chi connectivity index (χ2v) is 7.19. The number of benzene rings is 2. The van der Waals surface area contributed by atoms with Crippen molar-refractivity contribution < 1.29 is 18.3 Å². The van der Waals surface area contributed by atoms with Crippen LogP contribution < -0.4 is 5.32 Å². The Kier molecular flexibility index (Phi) is 5.08. The van der Waals surface area contributed by atoms with Crippen molar-refractivity contribution in [2.75, 3.05) is 6.54 Å². The van der Waals surface area contributed by atoms with Gasteiger partial charge < -0.3 is 10.4 Å². The van der Waals surface area contributed by atoms with Gasteiger partial charge in [0.05, 0.1) is 22.9 Å². The van der Waals surface area contributed by atoms with Crippen molar-refractivity contribution >= 4 is 10.9 Å². The summed E-state index contributed by atoms with van der Waals surface area (Å²) < 4.78 is 38.6. The Hall–Kier alpha value is -2.44. The molecule has 3 nitrogen and oxygen atoms in total. The molecular weight excluding hydrogens is 365 g/mol. The molecule has 0 amide bonds. The third-order valence-corrected chi connectivity index (χ3v) is 5.30. The van der Waals surface area contributed by atoms with Crippen molar-refractivity contribution in [3.8, 4) is 11.3 Å². The first-order valence-corrected chi connectivity index (χ1v) is 9.42. The fourth-order valence-corrected chi connectivity index (χ4v) is 3.79. The van der Waals surface area contributed by atoms with E-state index < -0.39 is 17.8 Å². The zero-order valence-corrected chi connectivity index (χ0v) is 15.2. The number of fused-ring (bicyclic) bond motifs is 1. The number of aliphatic hydroxyl groups is 1. The number of nitrogens with zero attached hydrogens (tertiary/aromatic N) is 1. The monoisotopic (exact) mass is 386 g/mol. The normalized spacial score (nSPS) is 18.9. The molecule has 6 heteroatoms. The van der Waals surface area contributed by atoms with Gasteiger partial charge in [-0.2, -0.15) is 13.2 Å². The van der Waals surface area contributed by atoms with E-state index in [4.69, 9.17) is 0 Å². The molecule has 2 heterocycles. The highest BCUT2D eigenvalue weighted by molar-refractivity contribution is 5.85. The number of halogens is 3. The average Bonchev–Trinajstić information content (AvgIpc) is 2.72. The molecule has 1 aliphatic heterocycles. The van der Waals surface area contributed by atoms with Crippen LogP contribution in [0.4, 0.5) is 13.2 Å². The number of nitrogens with one attached hydrogen (secondary N) is 1. The number of aliphatic hydroxyl groups excluding tert-OH is 1. The first-order valence-electron chi connectivity index (χ1n) is 9.42. The Morgan fingerprint density at radius 3 is 2.46 bits per heavy atom. The molecule has 4 rings (SSSR count). The van der Waals surface area contributed by atoms with Gasteiger partial charge in [0.1, 0.15) is 0 Å². The van der Waals surface area contributed by atoms with Crippen molar-refractivity contribution in [3.63, 3.8) is 0 Å². The summed E-state index contributed by atoms with van der Waals surface area (Å²) in [6.45, 7) is 0.872. The highest BCUT2D eigenvalue weighted by atomic mass is 19.4. The van der Waals surface area contributed by atoms with Crippen LogP contribution in [0.3, 0.4) is 0 Å². The van der Waals surface area contributed by atoms with Crippen molar-refractivity contribution in [2.45, 2.75) is 37.6 Å². The molecule has 0 bridgehead atoms. The Balaban J connectivity index is 1.77. The molecule has 1 aromatic heterocycles. The lowest BCUT2D eigenvalue weighted by atomic mass is 9.92. The van der Waals surface area contributed by atoms with Crippen LogP contribution in [0.2, 0.25) is 0 Å². The lowest BCUT2D eigenvalue weighted by Crippen LogP contribution is -2.38. The summed E-state index contributed by atoms with van der Waals surface area (Å²) in [4.78, 5) is 4.61. The molecule has 2 aromatic carbocycles. The van der Waals surface area contributed by atoms with Gasteiger partial charge in [0.15, 0.2) is 0 Å². The molecular formula is C22H21F3N2O. The summed E-state index contributed by atoms with van der Waals surface area (Å²) in [7, 11) is 0. The molecule has 2 atom stereocenters. The summed E-state index contributed by atoms with van der Waals surface area (Å²) in [5.41, 5.74) is 1.91. The van der Waals surface area contributed by atoms with Crippen molar-refractivity contribution in [3.05, 3.63) is 65.7 Å². The number of piperidine rings is 1. The van der Waals surface area contributed by atoms with E-state index in [1.807, 2.05) is 24.3 Å².